The van der Waals surface area contributed by atoms with Crippen molar-refractivity contribution >= 4 is 23.4 Å². The Morgan fingerprint density at radius 1 is 1.31 bits per heavy atom. The molecule has 3 heterocycles. The average Bonchev–Trinajstić information content (AvgIpc) is 3.40. The number of fused-ring (bicyclic) bond motifs is 1. The summed E-state index contributed by atoms with van der Waals surface area (Å²) in [5, 5.41) is 12.1. The molecule has 172 valence electrons. The Balaban J connectivity index is 1.34. The van der Waals surface area contributed by atoms with Crippen molar-refractivity contribution in [1.82, 2.24) is 25.0 Å². The van der Waals surface area contributed by atoms with E-state index < -0.39 is 6.10 Å². The highest BCUT2D eigenvalue weighted by atomic mass is 35.5. The number of carbonyl (C=O) groups excluding carboxylic acids is 2. The molecule has 9 nitrogen and oxygen atoms in total. The van der Waals surface area contributed by atoms with Gasteiger partial charge in [-0.2, -0.15) is 0 Å². The van der Waals surface area contributed by atoms with Crippen molar-refractivity contribution in [1.29, 1.82) is 0 Å². The third-order valence-corrected chi connectivity index (χ3v) is 6.16. The summed E-state index contributed by atoms with van der Waals surface area (Å²) < 4.78 is 13.2. The molecule has 1 aromatic heterocycles. The summed E-state index contributed by atoms with van der Waals surface area (Å²) in [4.78, 5) is 27.1. The van der Waals surface area contributed by atoms with Gasteiger partial charge < -0.3 is 24.3 Å². The molecule has 0 saturated carbocycles. The molecule has 1 N–H and O–H groups in total. The van der Waals surface area contributed by atoms with Crippen molar-refractivity contribution in [2.75, 3.05) is 26.3 Å². The van der Waals surface area contributed by atoms with Crippen LogP contribution in [-0.4, -0.2) is 63.9 Å². The first-order chi connectivity index (χ1) is 15.4. The largest absolute Gasteiger partial charge is 0.481 e. The molecule has 2 atom stereocenters. The van der Waals surface area contributed by atoms with Crippen molar-refractivity contribution in [2.45, 2.75) is 45.9 Å². The summed E-state index contributed by atoms with van der Waals surface area (Å²) in [6.45, 7) is 6.69. The van der Waals surface area contributed by atoms with Gasteiger partial charge in [0.1, 0.15) is 11.6 Å². The number of ether oxygens (including phenoxy) is 2. The fourth-order valence-electron chi connectivity index (χ4n) is 4.03. The first-order valence-electron chi connectivity index (χ1n) is 10.9. The number of hydrogen-bond acceptors (Lipinski definition) is 6. The molecule has 2 aliphatic heterocycles. The third kappa shape index (κ3) is 5.05. The van der Waals surface area contributed by atoms with Gasteiger partial charge in [0.2, 0.25) is 5.91 Å². The van der Waals surface area contributed by atoms with E-state index in [1.165, 1.54) is 0 Å². The maximum atomic E-state index is 13.0. The van der Waals surface area contributed by atoms with Gasteiger partial charge >= 0.3 is 0 Å². The molecular formula is C22H28ClN5O4. The van der Waals surface area contributed by atoms with E-state index >= 15 is 0 Å². The highest BCUT2D eigenvalue weighted by Crippen LogP contribution is 2.23. The first-order valence-corrected chi connectivity index (χ1v) is 11.3. The Labute approximate surface area is 192 Å². The number of halogens is 1. The Bertz CT molecular complexity index is 989. The van der Waals surface area contributed by atoms with Crippen LogP contribution in [0.5, 0.6) is 5.75 Å². The van der Waals surface area contributed by atoms with Crippen molar-refractivity contribution < 1.29 is 19.1 Å². The second kappa shape index (κ2) is 9.87. The number of benzene rings is 1. The van der Waals surface area contributed by atoms with Gasteiger partial charge in [0.15, 0.2) is 11.9 Å². The zero-order valence-electron chi connectivity index (χ0n) is 18.3. The van der Waals surface area contributed by atoms with E-state index in [0.29, 0.717) is 62.4 Å². The molecule has 4 rings (SSSR count). The molecule has 1 aromatic carbocycles. The molecule has 1 fully saturated rings. The van der Waals surface area contributed by atoms with Crippen LogP contribution >= 0.6 is 11.6 Å². The van der Waals surface area contributed by atoms with E-state index in [2.05, 4.69) is 15.5 Å². The SMILES string of the molecule is Cc1cc(Cl)ccc1O[C@H](C)C(=O)N1CCc2nnc(CNC(=O)[C@H]3CCOC3)n2CC1. The van der Waals surface area contributed by atoms with Crippen molar-refractivity contribution in [3.05, 3.63) is 40.4 Å². The molecule has 0 bridgehead atoms. The number of aromatic nitrogens is 3. The number of nitrogens with zero attached hydrogens (tertiary/aromatic N) is 4. The average molecular weight is 462 g/mol. The third-order valence-electron chi connectivity index (χ3n) is 5.92. The molecule has 0 radical (unpaired) electrons. The summed E-state index contributed by atoms with van der Waals surface area (Å²) in [6.07, 6.45) is 0.720. The van der Waals surface area contributed by atoms with Gasteiger partial charge in [-0.05, 0) is 44.0 Å². The van der Waals surface area contributed by atoms with E-state index in [1.54, 1.807) is 24.0 Å². The van der Waals surface area contributed by atoms with Crippen molar-refractivity contribution in [3.63, 3.8) is 0 Å². The molecule has 0 spiro atoms. The number of nitrogens with one attached hydrogen (secondary N) is 1. The van der Waals surface area contributed by atoms with Crippen molar-refractivity contribution in [3.8, 4) is 5.75 Å². The number of aryl methyl sites for hydroxylation is 1. The van der Waals surface area contributed by atoms with Crippen LogP contribution in [0.3, 0.4) is 0 Å². The predicted molar refractivity (Wildman–Crippen MR) is 117 cm³/mol. The lowest BCUT2D eigenvalue weighted by atomic mass is 10.1. The maximum absolute atomic E-state index is 13.0. The number of rotatable bonds is 6. The summed E-state index contributed by atoms with van der Waals surface area (Å²) in [5.74, 6) is 1.97. The van der Waals surface area contributed by atoms with Gasteiger partial charge in [0.25, 0.3) is 5.91 Å². The summed E-state index contributed by atoms with van der Waals surface area (Å²) >= 11 is 6.00. The van der Waals surface area contributed by atoms with Crippen LogP contribution in [0, 0.1) is 12.8 Å². The standard InChI is InChI=1S/C22H28ClN5O4/c1-14-11-17(23)3-4-18(14)32-15(2)22(30)27-7-5-19-25-26-20(28(19)9-8-27)12-24-21(29)16-6-10-31-13-16/h3-4,11,15-16H,5-10,12-13H2,1-2H3,(H,24,29)/t15-,16+/m1/s1. The maximum Gasteiger partial charge on any atom is 0.263 e. The number of hydrogen-bond donors (Lipinski definition) is 1. The molecule has 10 heteroatoms. The monoisotopic (exact) mass is 461 g/mol. The van der Waals surface area contributed by atoms with E-state index in [4.69, 9.17) is 21.1 Å². The van der Waals surface area contributed by atoms with Crippen LogP contribution in [0.1, 0.15) is 30.6 Å². The molecule has 0 aliphatic carbocycles. The minimum Gasteiger partial charge on any atom is -0.481 e. The van der Waals surface area contributed by atoms with Crippen LogP contribution in [-0.2, 0) is 33.8 Å². The molecule has 0 unspecified atom stereocenters. The minimum atomic E-state index is -0.620. The molecule has 1 saturated heterocycles. The van der Waals surface area contributed by atoms with Gasteiger partial charge in [-0.3, -0.25) is 9.59 Å². The fourth-order valence-corrected chi connectivity index (χ4v) is 4.26. The van der Waals surface area contributed by atoms with Crippen LogP contribution in [0.15, 0.2) is 18.2 Å². The fraction of sp³-hybridized carbons (Fsp3) is 0.545. The van der Waals surface area contributed by atoms with E-state index in [-0.39, 0.29) is 17.7 Å². The lowest BCUT2D eigenvalue weighted by Crippen LogP contribution is -2.42. The molecular weight excluding hydrogens is 434 g/mol. The van der Waals surface area contributed by atoms with Crippen LogP contribution in [0.25, 0.3) is 0 Å². The Morgan fingerprint density at radius 2 is 2.16 bits per heavy atom. The topological polar surface area (TPSA) is 98.6 Å². The zero-order chi connectivity index (χ0) is 22.7. The van der Waals surface area contributed by atoms with Gasteiger partial charge in [0.05, 0.1) is 19.1 Å². The van der Waals surface area contributed by atoms with Gasteiger partial charge in [0, 0.05) is 37.7 Å². The normalized spacial score (nSPS) is 19.2. The number of amides is 2. The van der Waals surface area contributed by atoms with Crippen LogP contribution < -0.4 is 10.1 Å². The summed E-state index contributed by atoms with van der Waals surface area (Å²) in [7, 11) is 0. The second-order valence-electron chi connectivity index (χ2n) is 8.21. The summed E-state index contributed by atoms with van der Waals surface area (Å²) in [6, 6.07) is 5.34. The van der Waals surface area contributed by atoms with Gasteiger partial charge in [-0.15, -0.1) is 10.2 Å². The van der Waals surface area contributed by atoms with Crippen LogP contribution in [0.4, 0.5) is 0 Å². The Kier molecular flexibility index (Phi) is 6.95. The molecule has 2 aromatic rings. The van der Waals surface area contributed by atoms with Gasteiger partial charge in [-0.1, -0.05) is 11.6 Å². The predicted octanol–water partition coefficient (Wildman–Crippen LogP) is 1.74. The molecule has 2 aliphatic rings. The van der Waals surface area contributed by atoms with E-state index in [1.807, 2.05) is 17.6 Å². The number of carbonyl (C=O) groups is 2. The quantitative estimate of drug-likeness (QED) is 0.703. The summed E-state index contributed by atoms with van der Waals surface area (Å²) in [5.41, 5.74) is 0.884. The first kappa shape index (κ1) is 22.5. The van der Waals surface area contributed by atoms with E-state index in [0.717, 1.165) is 17.8 Å². The Morgan fingerprint density at radius 3 is 2.91 bits per heavy atom. The minimum absolute atomic E-state index is 0.0197. The molecule has 2 amide bonds. The smallest absolute Gasteiger partial charge is 0.263 e. The van der Waals surface area contributed by atoms with E-state index in [9.17, 15) is 9.59 Å². The second-order valence-corrected chi connectivity index (χ2v) is 8.64. The molecule has 32 heavy (non-hydrogen) atoms. The lowest BCUT2D eigenvalue weighted by Gasteiger charge is -2.25. The van der Waals surface area contributed by atoms with Crippen molar-refractivity contribution in [2.24, 2.45) is 5.92 Å². The Hall–Kier alpha value is -2.65. The lowest BCUT2D eigenvalue weighted by molar-refractivity contribution is -0.138. The van der Waals surface area contributed by atoms with Crippen LogP contribution in [0.2, 0.25) is 5.02 Å². The highest BCUT2D eigenvalue weighted by Gasteiger charge is 2.27. The zero-order valence-corrected chi connectivity index (χ0v) is 19.1. The highest BCUT2D eigenvalue weighted by molar-refractivity contribution is 6.30. The van der Waals surface area contributed by atoms with Gasteiger partial charge in [-0.25, -0.2) is 0 Å².